The van der Waals surface area contributed by atoms with Crippen LogP contribution in [-0.4, -0.2) is 37.3 Å². The number of halogens is 1. The summed E-state index contributed by atoms with van der Waals surface area (Å²) < 4.78 is 6.86. The van der Waals surface area contributed by atoms with Crippen molar-refractivity contribution in [2.45, 2.75) is 51.8 Å². The van der Waals surface area contributed by atoms with Gasteiger partial charge >= 0.3 is 0 Å². The first-order chi connectivity index (χ1) is 10.1. The number of ether oxygens (including phenoxy) is 1. The summed E-state index contributed by atoms with van der Waals surface area (Å²) in [6, 6.07) is 2.61. The molecule has 4 nitrogen and oxygen atoms in total. The van der Waals surface area contributed by atoms with Gasteiger partial charge in [0.2, 0.25) is 0 Å². The normalized spacial score (nSPS) is 19.0. The van der Waals surface area contributed by atoms with Gasteiger partial charge in [0.15, 0.2) is 0 Å². The number of hydrogen-bond acceptors (Lipinski definition) is 4. The Bertz CT molecular complexity index is 447. The van der Waals surface area contributed by atoms with Crippen LogP contribution >= 0.6 is 15.9 Å². The van der Waals surface area contributed by atoms with Gasteiger partial charge < -0.3 is 15.0 Å². The van der Waals surface area contributed by atoms with Crippen LogP contribution in [0.1, 0.15) is 38.7 Å². The molecule has 0 aromatic carbocycles. The average Bonchev–Trinajstić information content (AvgIpc) is 2.46. The standard InChI is InChI=1S/C16H26BrN3O/c1-12(2)18-9-13-8-14(17)10-19-16(13)20(3)11-15-6-4-5-7-21-15/h8,10,12,15,18H,4-7,9,11H2,1-3H3. The fraction of sp³-hybridized carbons (Fsp3) is 0.688. The Morgan fingerprint density at radius 1 is 1.48 bits per heavy atom. The molecule has 1 saturated heterocycles. The highest BCUT2D eigenvalue weighted by atomic mass is 79.9. The van der Waals surface area contributed by atoms with E-state index in [1.54, 1.807) is 0 Å². The molecule has 0 spiro atoms. The second-order valence-corrected chi connectivity index (χ2v) is 6.96. The number of likely N-dealkylation sites (N-methyl/N-ethyl adjacent to an activating group) is 1. The molecular weight excluding hydrogens is 330 g/mol. The summed E-state index contributed by atoms with van der Waals surface area (Å²) >= 11 is 3.52. The van der Waals surface area contributed by atoms with Crippen LogP contribution in [0.25, 0.3) is 0 Å². The lowest BCUT2D eigenvalue weighted by Crippen LogP contribution is -2.34. The van der Waals surface area contributed by atoms with E-state index in [4.69, 9.17) is 4.74 Å². The van der Waals surface area contributed by atoms with E-state index < -0.39 is 0 Å². The van der Waals surface area contributed by atoms with Gasteiger partial charge in [-0.3, -0.25) is 0 Å². The summed E-state index contributed by atoms with van der Waals surface area (Å²) in [6.45, 7) is 6.95. The number of rotatable bonds is 6. The Balaban J connectivity index is 2.05. The lowest BCUT2D eigenvalue weighted by atomic mass is 10.1. The number of nitrogens with zero attached hydrogens (tertiary/aromatic N) is 2. The molecule has 0 saturated carbocycles. The van der Waals surface area contributed by atoms with Crippen LogP contribution < -0.4 is 10.2 Å². The van der Waals surface area contributed by atoms with E-state index in [2.05, 4.69) is 58.1 Å². The molecule has 2 rings (SSSR count). The van der Waals surface area contributed by atoms with Gasteiger partial charge in [0.05, 0.1) is 6.10 Å². The summed E-state index contributed by atoms with van der Waals surface area (Å²) in [5.41, 5.74) is 1.22. The van der Waals surface area contributed by atoms with Gasteiger partial charge in [-0.05, 0) is 41.3 Å². The van der Waals surface area contributed by atoms with Crippen LogP contribution in [-0.2, 0) is 11.3 Å². The number of pyridine rings is 1. The van der Waals surface area contributed by atoms with Crippen LogP contribution in [0.4, 0.5) is 5.82 Å². The van der Waals surface area contributed by atoms with Crippen molar-refractivity contribution in [3.63, 3.8) is 0 Å². The van der Waals surface area contributed by atoms with Gasteiger partial charge in [-0.25, -0.2) is 4.98 Å². The quantitative estimate of drug-likeness (QED) is 0.848. The van der Waals surface area contributed by atoms with Crippen molar-refractivity contribution >= 4 is 21.7 Å². The molecule has 1 aromatic heterocycles. The van der Waals surface area contributed by atoms with Crippen molar-refractivity contribution in [2.24, 2.45) is 0 Å². The monoisotopic (exact) mass is 355 g/mol. The van der Waals surface area contributed by atoms with Crippen molar-refractivity contribution in [3.8, 4) is 0 Å². The van der Waals surface area contributed by atoms with Crippen LogP contribution in [0.5, 0.6) is 0 Å². The molecule has 1 unspecified atom stereocenters. The van der Waals surface area contributed by atoms with E-state index >= 15 is 0 Å². The first-order valence-electron chi connectivity index (χ1n) is 7.77. The van der Waals surface area contributed by atoms with Crippen molar-refractivity contribution in [2.75, 3.05) is 25.1 Å². The number of anilines is 1. The highest BCUT2D eigenvalue weighted by Crippen LogP contribution is 2.23. The molecule has 1 atom stereocenters. The van der Waals surface area contributed by atoms with Crippen LogP contribution in [0, 0.1) is 0 Å². The van der Waals surface area contributed by atoms with Gasteiger partial charge in [-0.1, -0.05) is 13.8 Å². The van der Waals surface area contributed by atoms with Gasteiger partial charge in [-0.15, -0.1) is 0 Å². The maximum atomic E-state index is 5.84. The Morgan fingerprint density at radius 3 is 2.95 bits per heavy atom. The minimum absolute atomic E-state index is 0.333. The first kappa shape index (κ1) is 16.7. The minimum atomic E-state index is 0.333. The van der Waals surface area contributed by atoms with Crippen LogP contribution in [0.15, 0.2) is 16.7 Å². The molecule has 5 heteroatoms. The minimum Gasteiger partial charge on any atom is -0.376 e. The summed E-state index contributed by atoms with van der Waals surface area (Å²) in [5.74, 6) is 1.04. The van der Waals surface area contributed by atoms with Gasteiger partial charge in [0.25, 0.3) is 0 Å². The SMILES string of the molecule is CC(C)NCc1cc(Br)cnc1N(C)CC1CCCCO1. The zero-order valence-corrected chi connectivity index (χ0v) is 14.8. The van der Waals surface area contributed by atoms with E-state index in [9.17, 15) is 0 Å². The second-order valence-electron chi connectivity index (χ2n) is 6.04. The second kappa shape index (κ2) is 8.11. The highest BCUT2D eigenvalue weighted by molar-refractivity contribution is 9.10. The summed E-state index contributed by atoms with van der Waals surface area (Å²) in [5, 5.41) is 3.47. The summed E-state index contributed by atoms with van der Waals surface area (Å²) in [4.78, 5) is 6.83. The Kier molecular flexibility index (Phi) is 6.45. The number of nitrogens with one attached hydrogen (secondary N) is 1. The lowest BCUT2D eigenvalue weighted by molar-refractivity contribution is 0.0215. The maximum absolute atomic E-state index is 5.84. The molecule has 21 heavy (non-hydrogen) atoms. The number of aromatic nitrogens is 1. The zero-order chi connectivity index (χ0) is 15.2. The van der Waals surface area contributed by atoms with Gasteiger partial charge in [-0.2, -0.15) is 0 Å². The molecule has 1 aromatic rings. The first-order valence-corrected chi connectivity index (χ1v) is 8.56. The molecule has 0 bridgehead atoms. The fourth-order valence-corrected chi connectivity index (χ4v) is 2.98. The van der Waals surface area contributed by atoms with E-state index in [-0.39, 0.29) is 0 Å². The average molecular weight is 356 g/mol. The molecule has 0 aliphatic carbocycles. The fourth-order valence-electron chi connectivity index (χ4n) is 2.61. The van der Waals surface area contributed by atoms with Crippen molar-refractivity contribution in [3.05, 3.63) is 22.3 Å². The third-order valence-corrected chi connectivity index (χ3v) is 4.16. The van der Waals surface area contributed by atoms with Gasteiger partial charge in [0.1, 0.15) is 5.82 Å². The van der Waals surface area contributed by atoms with Crippen molar-refractivity contribution in [1.29, 1.82) is 0 Å². The van der Waals surface area contributed by atoms with Crippen molar-refractivity contribution in [1.82, 2.24) is 10.3 Å². The molecule has 0 radical (unpaired) electrons. The third-order valence-electron chi connectivity index (χ3n) is 3.72. The Hall–Kier alpha value is -0.650. The summed E-state index contributed by atoms with van der Waals surface area (Å²) in [6.07, 6.45) is 5.82. The predicted molar refractivity (Wildman–Crippen MR) is 90.8 cm³/mol. The highest BCUT2D eigenvalue weighted by Gasteiger charge is 2.18. The van der Waals surface area contributed by atoms with Crippen LogP contribution in [0.2, 0.25) is 0 Å². The zero-order valence-electron chi connectivity index (χ0n) is 13.2. The topological polar surface area (TPSA) is 37.4 Å². The maximum Gasteiger partial charge on any atom is 0.132 e. The number of hydrogen-bond donors (Lipinski definition) is 1. The molecule has 1 aliphatic rings. The van der Waals surface area contributed by atoms with Crippen LogP contribution in [0.3, 0.4) is 0 Å². The third kappa shape index (κ3) is 5.24. The Morgan fingerprint density at radius 2 is 2.29 bits per heavy atom. The van der Waals surface area contributed by atoms with Gasteiger partial charge in [0, 0.05) is 49.0 Å². The largest absolute Gasteiger partial charge is 0.376 e. The Labute approximate surface area is 136 Å². The molecule has 1 aliphatic heterocycles. The molecule has 118 valence electrons. The predicted octanol–water partition coefficient (Wildman–Crippen LogP) is 3.35. The molecule has 2 heterocycles. The smallest absolute Gasteiger partial charge is 0.132 e. The summed E-state index contributed by atoms with van der Waals surface area (Å²) in [7, 11) is 2.10. The van der Waals surface area contributed by atoms with E-state index in [1.165, 1.54) is 18.4 Å². The van der Waals surface area contributed by atoms with E-state index in [1.807, 2.05) is 6.20 Å². The molecular formula is C16H26BrN3O. The molecule has 1 fully saturated rings. The van der Waals surface area contributed by atoms with E-state index in [0.29, 0.717) is 12.1 Å². The molecule has 1 N–H and O–H groups in total. The lowest BCUT2D eigenvalue weighted by Gasteiger charge is -2.29. The van der Waals surface area contributed by atoms with E-state index in [0.717, 1.165) is 36.4 Å². The van der Waals surface area contributed by atoms with Crippen molar-refractivity contribution < 1.29 is 4.74 Å². The molecule has 0 amide bonds.